The zero-order valence-electron chi connectivity index (χ0n) is 21.6. The van der Waals surface area contributed by atoms with E-state index in [1.807, 2.05) is 0 Å². The van der Waals surface area contributed by atoms with Crippen molar-refractivity contribution in [3.8, 4) is 0 Å². The van der Waals surface area contributed by atoms with Crippen molar-refractivity contribution < 1.29 is 32.3 Å². The Morgan fingerprint density at radius 3 is 2.32 bits per heavy atom. The van der Waals surface area contributed by atoms with Gasteiger partial charge in [-0.1, -0.05) is 30.3 Å². The first-order chi connectivity index (χ1) is 17.5. The maximum atomic E-state index is 13.5. The summed E-state index contributed by atoms with van der Waals surface area (Å²) >= 11 is 0. The Morgan fingerprint density at radius 2 is 1.73 bits per heavy atom. The number of amides is 3. The molecule has 0 bridgehead atoms. The summed E-state index contributed by atoms with van der Waals surface area (Å²) in [4.78, 5) is 55.2. The third-order valence-electron chi connectivity index (χ3n) is 7.06. The molecule has 0 aromatic heterocycles. The number of nitrogens with one attached hydrogen (secondary N) is 1. The fraction of sp³-hybridized carbons (Fsp3) is 0.600. The minimum absolute atomic E-state index is 0.0170. The third-order valence-corrected chi connectivity index (χ3v) is 8.42. The molecule has 12 heteroatoms. The zero-order chi connectivity index (χ0) is 27.2. The van der Waals surface area contributed by atoms with Crippen molar-refractivity contribution in [3.63, 3.8) is 0 Å². The van der Waals surface area contributed by atoms with Gasteiger partial charge in [0.1, 0.15) is 12.1 Å². The number of esters is 1. The van der Waals surface area contributed by atoms with Crippen molar-refractivity contribution in [2.75, 3.05) is 33.8 Å². The predicted molar refractivity (Wildman–Crippen MR) is 135 cm³/mol. The number of rotatable bonds is 9. The second-order valence-electron chi connectivity index (χ2n) is 9.57. The van der Waals surface area contributed by atoms with Crippen LogP contribution in [0, 0.1) is 0 Å². The van der Waals surface area contributed by atoms with Crippen LogP contribution >= 0.6 is 0 Å². The Labute approximate surface area is 218 Å². The van der Waals surface area contributed by atoms with Crippen molar-refractivity contribution in [1.82, 2.24) is 19.4 Å². The smallest absolute Gasteiger partial charge is 0.328 e. The average molecular weight is 537 g/mol. The van der Waals surface area contributed by atoms with Crippen LogP contribution in [0.5, 0.6) is 0 Å². The summed E-state index contributed by atoms with van der Waals surface area (Å²) in [5.41, 5.74) is 0.537. The lowest BCUT2D eigenvalue weighted by Crippen LogP contribution is -2.54. The summed E-state index contributed by atoms with van der Waals surface area (Å²) in [7, 11) is -1.13. The molecular weight excluding hydrogens is 500 g/mol. The van der Waals surface area contributed by atoms with E-state index in [2.05, 4.69) is 4.72 Å². The Balaban J connectivity index is 1.77. The monoisotopic (exact) mass is 536 g/mol. The van der Waals surface area contributed by atoms with Gasteiger partial charge in [0.15, 0.2) is 0 Å². The van der Waals surface area contributed by atoms with E-state index in [-0.39, 0.29) is 30.7 Å². The van der Waals surface area contributed by atoms with Gasteiger partial charge in [0, 0.05) is 39.6 Å². The number of methoxy groups -OCH3 is 1. The first kappa shape index (κ1) is 28.6. The molecule has 2 unspecified atom stereocenters. The number of benzene rings is 1. The minimum Gasteiger partial charge on any atom is -0.467 e. The summed E-state index contributed by atoms with van der Waals surface area (Å²) in [6.07, 6.45) is 1.77. The van der Waals surface area contributed by atoms with E-state index in [0.29, 0.717) is 44.3 Å². The highest BCUT2D eigenvalue weighted by molar-refractivity contribution is 7.88. The van der Waals surface area contributed by atoms with Crippen LogP contribution in [0.25, 0.3) is 0 Å². The largest absolute Gasteiger partial charge is 0.467 e. The van der Waals surface area contributed by atoms with E-state index in [4.69, 9.17) is 4.74 Å². The second-order valence-corrected chi connectivity index (χ2v) is 11.3. The number of carbonyl (C=O) groups excluding carboxylic acids is 4. The molecule has 2 atom stereocenters. The van der Waals surface area contributed by atoms with Crippen LogP contribution in [-0.4, -0.2) is 98.7 Å². The number of hydrogen-bond donors (Lipinski definition) is 1. The van der Waals surface area contributed by atoms with Crippen LogP contribution in [0.4, 0.5) is 0 Å². The Bertz CT molecular complexity index is 1090. The van der Waals surface area contributed by atoms with Gasteiger partial charge in [0.05, 0.1) is 19.3 Å². The quantitative estimate of drug-likeness (QED) is 0.454. The highest BCUT2D eigenvalue weighted by atomic mass is 32.2. The molecule has 1 N–H and O–H groups in total. The lowest BCUT2D eigenvalue weighted by molar-refractivity contribution is -0.151. The van der Waals surface area contributed by atoms with E-state index in [9.17, 15) is 27.6 Å². The summed E-state index contributed by atoms with van der Waals surface area (Å²) < 4.78 is 33.3. The fourth-order valence-corrected chi connectivity index (χ4v) is 6.27. The molecule has 2 fully saturated rings. The summed E-state index contributed by atoms with van der Waals surface area (Å²) in [6, 6.07) is 6.21. The molecular formula is C25H36N4O7S. The highest BCUT2D eigenvalue weighted by Crippen LogP contribution is 2.22. The fourth-order valence-electron chi connectivity index (χ4n) is 4.93. The number of sulfonamides is 1. The molecule has 0 radical (unpaired) electrons. The number of ether oxygens (including phenoxy) is 1. The number of nitrogens with zero attached hydrogens (tertiary/aromatic N) is 3. The molecule has 3 rings (SSSR count). The molecule has 2 heterocycles. The molecule has 2 aliphatic heterocycles. The van der Waals surface area contributed by atoms with Crippen LogP contribution in [0.2, 0.25) is 0 Å². The molecule has 3 amide bonds. The van der Waals surface area contributed by atoms with E-state index in [1.165, 1.54) is 23.8 Å². The van der Waals surface area contributed by atoms with Gasteiger partial charge in [-0.05, 0) is 31.2 Å². The summed E-state index contributed by atoms with van der Waals surface area (Å²) in [6.45, 7) is 2.83. The molecule has 0 spiro atoms. The highest BCUT2D eigenvalue weighted by Gasteiger charge is 2.40. The summed E-state index contributed by atoms with van der Waals surface area (Å²) in [5, 5.41) is 0. The Hall–Kier alpha value is -2.99. The number of hydrogen-bond acceptors (Lipinski definition) is 7. The van der Waals surface area contributed by atoms with Crippen LogP contribution in [0.3, 0.4) is 0 Å². The lowest BCUT2D eigenvalue weighted by Gasteiger charge is -2.37. The van der Waals surface area contributed by atoms with Crippen molar-refractivity contribution >= 4 is 33.7 Å². The molecule has 1 aromatic carbocycles. The van der Waals surface area contributed by atoms with Gasteiger partial charge in [-0.3, -0.25) is 14.4 Å². The van der Waals surface area contributed by atoms with E-state index >= 15 is 0 Å². The van der Waals surface area contributed by atoms with Gasteiger partial charge in [-0.15, -0.1) is 0 Å². The maximum absolute atomic E-state index is 13.5. The summed E-state index contributed by atoms with van der Waals surface area (Å²) in [5.74, 6) is -1.96. The zero-order valence-corrected chi connectivity index (χ0v) is 22.4. The molecule has 2 aliphatic rings. The molecule has 37 heavy (non-hydrogen) atoms. The van der Waals surface area contributed by atoms with Gasteiger partial charge < -0.3 is 19.4 Å². The van der Waals surface area contributed by atoms with Gasteiger partial charge in [0.25, 0.3) is 0 Å². The van der Waals surface area contributed by atoms with Crippen LogP contribution < -0.4 is 4.72 Å². The Morgan fingerprint density at radius 1 is 1.08 bits per heavy atom. The van der Waals surface area contributed by atoms with Crippen molar-refractivity contribution in [2.24, 2.45) is 0 Å². The number of piperidine rings is 1. The second kappa shape index (κ2) is 12.5. The molecule has 11 nitrogen and oxygen atoms in total. The standard InChI is InChI=1S/C25H36N4O7S/c1-18(30)28-14-11-20(12-15-28)27(2)23(31)16-21(24(32)29-13-7-10-22(29)25(33)36-3)26-37(34,35)17-19-8-5-4-6-9-19/h4-6,8-9,20-22,26H,7,10-17H2,1-3H3. The molecule has 204 valence electrons. The first-order valence-electron chi connectivity index (χ1n) is 12.5. The van der Waals surface area contributed by atoms with Crippen molar-refractivity contribution in [2.45, 2.75) is 62.9 Å². The van der Waals surface area contributed by atoms with Gasteiger partial charge in [-0.2, -0.15) is 0 Å². The van der Waals surface area contributed by atoms with Gasteiger partial charge in [0.2, 0.25) is 27.7 Å². The van der Waals surface area contributed by atoms with E-state index in [1.54, 1.807) is 42.3 Å². The van der Waals surface area contributed by atoms with Gasteiger partial charge in [-0.25, -0.2) is 17.9 Å². The average Bonchev–Trinajstić information content (AvgIpc) is 3.37. The normalized spacial score (nSPS) is 19.4. The predicted octanol–water partition coefficient (Wildman–Crippen LogP) is 0.498. The number of likely N-dealkylation sites (tertiary alicyclic amines) is 2. The van der Waals surface area contributed by atoms with Crippen molar-refractivity contribution in [1.29, 1.82) is 0 Å². The van der Waals surface area contributed by atoms with Crippen LogP contribution in [-0.2, 0) is 39.7 Å². The maximum Gasteiger partial charge on any atom is 0.328 e. The SMILES string of the molecule is COC(=O)C1CCCN1C(=O)C(CC(=O)N(C)C1CCN(C(C)=O)CC1)NS(=O)(=O)Cc1ccccc1. The van der Waals surface area contributed by atoms with E-state index < -0.39 is 39.9 Å². The molecule has 0 aliphatic carbocycles. The van der Waals surface area contributed by atoms with Crippen LogP contribution in [0.1, 0.15) is 44.6 Å². The Kier molecular flexibility index (Phi) is 9.66. The number of carbonyl (C=O) groups is 4. The third kappa shape index (κ3) is 7.51. The minimum atomic E-state index is -3.99. The lowest BCUT2D eigenvalue weighted by atomic mass is 10.0. The van der Waals surface area contributed by atoms with Crippen molar-refractivity contribution in [3.05, 3.63) is 35.9 Å². The molecule has 0 saturated carbocycles. The topological polar surface area (TPSA) is 133 Å². The van der Waals surface area contributed by atoms with Crippen LogP contribution in [0.15, 0.2) is 30.3 Å². The first-order valence-corrected chi connectivity index (χ1v) is 14.1. The molecule has 1 aromatic rings. The van der Waals surface area contributed by atoms with E-state index in [0.717, 1.165) is 0 Å². The molecule has 2 saturated heterocycles. The van der Waals surface area contributed by atoms with Gasteiger partial charge >= 0.3 is 5.97 Å².